The Bertz CT molecular complexity index is 915. The minimum atomic E-state index is -4.48. The van der Waals surface area contributed by atoms with E-state index in [9.17, 15) is 22.8 Å². The van der Waals surface area contributed by atoms with Crippen molar-refractivity contribution < 1.29 is 27.5 Å². The Kier molecular flexibility index (Phi) is 5.54. The molecule has 2 aliphatic heterocycles. The number of Topliss-reactive ketones (excluding diaryl/α,β-unsaturated/α-hetero) is 1. The Balaban J connectivity index is 1.41. The van der Waals surface area contributed by atoms with Crippen LogP contribution in [0.25, 0.3) is 0 Å². The number of amides is 1. The molecule has 0 radical (unpaired) electrons. The van der Waals surface area contributed by atoms with Gasteiger partial charge in [-0.05, 0) is 43.4 Å². The maximum Gasteiger partial charge on any atom is 0.416 e. The number of hydrogen-bond donors (Lipinski definition) is 0. The molecule has 30 heavy (non-hydrogen) atoms. The quantitative estimate of drug-likeness (QED) is 0.620. The fourth-order valence-electron chi connectivity index (χ4n) is 4.57. The molecular weight excluding hydrogens is 395 g/mol. The summed E-state index contributed by atoms with van der Waals surface area (Å²) in [5, 5.41) is 0. The van der Waals surface area contributed by atoms with Crippen LogP contribution in [0.2, 0.25) is 0 Å². The molecule has 4 rings (SSSR count). The lowest BCUT2D eigenvalue weighted by Crippen LogP contribution is -2.48. The van der Waals surface area contributed by atoms with Gasteiger partial charge in [0, 0.05) is 23.6 Å². The van der Waals surface area contributed by atoms with Crippen LogP contribution in [-0.2, 0) is 17.5 Å². The molecule has 0 saturated carbocycles. The smallest absolute Gasteiger partial charge is 0.416 e. The molecule has 2 unspecified atom stereocenters. The lowest BCUT2D eigenvalue weighted by Gasteiger charge is -2.37. The summed E-state index contributed by atoms with van der Waals surface area (Å²) in [6.07, 6.45) is -2.43. The van der Waals surface area contributed by atoms with Crippen molar-refractivity contribution in [3.05, 3.63) is 71.3 Å². The van der Waals surface area contributed by atoms with Crippen LogP contribution < -0.4 is 0 Å². The summed E-state index contributed by atoms with van der Waals surface area (Å²) in [7, 11) is 0. The van der Waals surface area contributed by atoms with E-state index >= 15 is 0 Å². The van der Waals surface area contributed by atoms with Crippen LogP contribution in [0.1, 0.15) is 47.2 Å². The fourth-order valence-corrected chi connectivity index (χ4v) is 4.57. The molecule has 2 heterocycles. The molecule has 2 aliphatic rings. The van der Waals surface area contributed by atoms with Crippen LogP contribution in [0, 0.1) is 5.92 Å². The van der Waals surface area contributed by atoms with Gasteiger partial charge in [0.1, 0.15) is 6.61 Å². The van der Waals surface area contributed by atoms with Gasteiger partial charge in [-0.25, -0.2) is 4.79 Å². The summed E-state index contributed by atoms with van der Waals surface area (Å²) >= 11 is 0. The molecule has 2 aromatic carbocycles. The first kappa shape index (κ1) is 20.4. The molecule has 2 fully saturated rings. The van der Waals surface area contributed by atoms with Crippen molar-refractivity contribution in [3.8, 4) is 0 Å². The number of nitrogens with zero attached hydrogens (tertiary/aromatic N) is 1. The van der Waals surface area contributed by atoms with E-state index in [1.807, 2.05) is 30.3 Å². The third-order valence-electron chi connectivity index (χ3n) is 5.99. The first-order chi connectivity index (χ1) is 14.3. The van der Waals surface area contributed by atoms with E-state index < -0.39 is 17.8 Å². The largest absolute Gasteiger partial charge is 0.445 e. The molecule has 0 aromatic heterocycles. The lowest BCUT2D eigenvalue weighted by molar-refractivity contribution is -0.137. The van der Waals surface area contributed by atoms with Gasteiger partial charge in [-0.3, -0.25) is 4.79 Å². The predicted octanol–water partition coefficient (Wildman–Crippen LogP) is 5.47. The van der Waals surface area contributed by atoms with Gasteiger partial charge >= 0.3 is 12.3 Å². The van der Waals surface area contributed by atoms with Crippen molar-refractivity contribution in [2.75, 3.05) is 0 Å². The van der Waals surface area contributed by atoms with Gasteiger partial charge in [-0.1, -0.05) is 42.5 Å². The number of ketones is 1. The Morgan fingerprint density at radius 1 is 0.967 bits per heavy atom. The second-order valence-corrected chi connectivity index (χ2v) is 7.94. The van der Waals surface area contributed by atoms with E-state index in [-0.39, 0.29) is 36.0 Å². The molecule has 0 N–H and O–H groups in total. The van der Waals surface area contributed by atoms with Crippen LogP contribution >= 0.6 is 0 Å². The minimum absolute atomic E-state index is 0.0781. The Morgan fingerprint density at radius 3 is 2.27 bits per heavy atom. The van der Waals surface area contributed by atoms with Crippen LogP contribution in [0.3, 0.4) is 0 Å². The molecule has 2 atom stereocenters. The summed E-state index contributed by atoms with van der Waals surface area (Å²) in [5.74, 6) is -0.667. The fraction of sp³-hybridized carbons (Fsp3) is 0.391. The van der Waals surface area contributed by atoms with Crippen LogP contribution in [0.5, 0.6) is 0 Å². The zero-order valence-electron chi connectivity index (χ0n) is 16.3. The highest BCUT2D eigenvalue weighted by atomic mass is 19.4. The van der Waals surface area contributed by atoms with Gasteiger partial charge in [-0.15, -0.1) is 0 Å². The van der Waals surface area contributed by atoms with Crippen molar-refractivity contribution in [2.45, 2.75) is 50.6 Å². The van der Waals surface area contributed by atoms with Gasteiger partial charge in [0.2, 0.25) is 0 Å². The molecule has 2 bridgehead atoms. The highest BCUT2D eigenvalue weighted by Crippen LogP contribution is 2.40. The molecule has 4 nitrogen and oxygen atoms in total. The average molecular weight is 417 g/mol. The molecule has 0 aliphatic carbocycles. The molecule has 2 saturated heterocycles. The SMILES string of the molecule is O=C(c1cccc(C(F)(F)F)c1)C1CC2CCC(C1)N2C(=O)OCc1ccccc1. The number of alkyl halides is 3. The van der Waals surface area contributed by atoms with Gasteiger partial charge < -0.3 is 9.64 Å². The second-order valence-electron chi connectivity index (χ2n) is 7.94. The molecule has 158 valence electrons. The standard InChI is InChI=1S/C23H22F3NO3/c24-23(25,26)18-8-4-7-16(11-18)21(28)17-12-19-9-10-20(13-17)27(19)22(29)30-14-15-5-2-1-3-6-15/h1-8,11,17,19-20H,9-10,12-14H2. The summed E-state index contributed by atoms with van der Waals surface area (Å²) in [4.78, 5) is 27.2. The molecule has 2 aromatic rings. The Labute approximate surface area is 172 Å². The molecular formula is C23H22F3NO3. The lowest BCUT2D eigenvalue weighted by atomic mass is 9.84. The van der Waals surface area contributed by atoms with Gasteiger partial charge in [-0.2, -0.15) is 13.2 Å². The Morgan fingerprint density at radius 2 is 1.63 bits per heavy atom. The monoisotopic (exact) mass is 417 g/mol. The van der Waals surface area contributed by atoms with E-state index in [4.69, 9.17) is 4.74 Å². The number of carbonyl (C=O) groups is 2. The number of hydrogen-bond acceptors (Lipinski definition) is 3. The number of rotatable bonds is 4. The maximum absolute atomic E-state index is 13.0. The first-order valence-electron chi connectivity index (χ1n) is 10.0. The highest BCUT2D eigenvalue weighted by molar-refractivity contribution is 5.98. The number of fused-ring (bicyclic) bond motifs is 2. The van der Waals surface area contributed by atoms with Gasteiger partial charge in [0.25, 0.3) is 0 Å². The van der Waals surface area contributed by atoms with Crippen LogP contribution in [0.4, 0.5) is 18.0 Å². The Hall–Kier alpha value is -2.83. The molecule has 1 amide bonds. The minimum Gasteiger partial charge on any atom is -0.445 e. The molecule has 7 heteroatoms. The van der Waals surface area contributed by atoms with E-state index in [1.165, 1.54) is 12.1 Å². The molecule has 0 spiro atoms. The summed E-state index contributed by atoms with van der Waals surface area (Å²) < 4.78 is 44.4. The van der Waals surface area contributed by atoms with E-state index in [1.54, 1.807) is 4.90 Å². The van der Waals surface area contributed by atoms with Gasteiger partial charge in [0.05, 0.1) is 5.56 Å². The van der Waals surface area contributed by atoms with Crippen molar-refractivity contribution in [1.29, 1.82) is 0 Å². The number of benzene rings is 2. The topological polar surface area (TPSA) is 46.6 Å². The first-order valence-corrected chi connectivity index (χ1v) is 10.0. The van der Waals surface area contributed by atoms with Crippen molar-refractivity contribution in [1.82, 2.24) is 4.90 Å². The number of ether oxygens (including phenoxy) is 1. The summed E-state index contributed by atoms with van der Waals surface area (Å²) in [6, 6.07) is 13.7. The summed E-state index contributed by atoms with van der Waals surface area (Å²) in [5.41, 5.74) is 0.153. The number of carbonyl (C=O) groups excluding carboxylic acids is 2. The van der Waals surface area contributed by atoms with Crippen molar-refractivity contribution >= 4 is 11.9 Å². The normalized spacial score (nSPS) is 23.3. The zero-order valence-corrected chi connectivity index (χ0v) is 16.3. The average Bonchev–Trinajstić information content (AvgIpc) is 3.01. The van der Waals surface area contributed by atoms with E-state index in [2.05, 4.69) is 0 Å². The van der Waals surface area contributed by atoms with Gasteiger partial charge in [0.15, 0.2) is 5.78 Å². The van der Waals surface area contributed by atoms with Crippen LogP contribution in [-0.4, -0.2) is 28.9 Å². The zero-order chi connectivity index (χ0) is 21.3. The van der Waals surface area contributed by atoms with Crippen LogP contribution in [0.15, 0.2) is 54.6 Å². The van der Waals surface area contributed by atoms with E-state index in [0.29, 0.717) is 12.8 Å². The number of halogens is 3. The number of piperidine rings is 1. The third-order valence-corrected chi connectivity index (χ3v) is 5.99. The second kappa shape index (κ2) is 8.13. The third kappa shape index (κ3) is 4.20. The summed E-state index contributed by atoms with van der Waals surface area (Å²) in [6.45, 7) is 0.183. The maximum atomic E-state index is 13.0. The van der Waals surface area contributed by atoms with Crippen molar-refractivity contribution in [3.63, 3.8) is 0 Å². The highest BCUT2D eigenvalue weighted by Gasteiger charge is 2.46. The van der Waals surface area contributed by atoms with E-state index in [0.717, 1.165) is 30.5 Å². The van der Waals surface area contributed by atoms with Crippen molar-refractivity contribution in [2.24, 2.45) is 5.92 Å². The predicted molar refractivity (Wildman–Crippen MR) is 104 cm³/mol.